The Kier molecular flexibility index (Phi) is 6.12. The number of hydrogen-bond acceptors (Lipinski definition) is 11. The van der Waals surface area contributed by atoms with Crippen molar-refractivity contribution in [3.05, 3.63) is 96.5 Å². The third-order valence-electron chi connectivity index (χ3n) is 7.34. The molecule has 1 aliphatic carbocycles. The lowest BCUT2D eigenvalue weighted by Crippen LogP contribution is -2.30. The second kappa shape index (κ2) is 10.0. The number of aryl methyl sites for hydroxylation is 2. The molecule has 3 N–H and O–H groups in total. The first-order valence-electron chi connectivity index (χ1n) is 13.0. The van der Waals surface area contributed by atoms with Gasteiger partial charge in [-0.3, -0.25) is 23.7 Å². The van der Waals surface area contributed by atoms with E-state index >= 15 is 0 Å². The molecule has 216 valence electrons. The monoisotopic (exact) mass is 600 g/mol. The van der Waals surface area contributed by atoms with Crippen LogP contribution in [0.4, 0.5) is 0 Å². The molecular formula is C27H20N8O7S. The summed E-state index contributed by atoms with van der Waals surface area (Å²) in [5.74, 6) is -1.92. The van der Waals surface area contributed by atoms with Gasteiger partial charge in [-0.25, -0.2) is 19.0 Å². The minimum Gasteiger partial charge on any atom is -0.408 e. The van der Waals surface area contributed by atoms with Gasteiger partial charge in [-0.2, -0.15) is 0 Å². The number of carbonyl (C=O) groups is 2. The van der Waals surface area contributed by atoms with Crippen LogP contribution in [0.25, 0.3) is 28.3 Å². The Morgan fingerprint density at radius 2 is 1.95 bits per heavy atom. The average molecular weight is 601 g/mol. The van der Waals surface area contributed by atoms with Crippen molar-refractivity contribution in [2.45, 2.75) is 25.4 Å². The Morgan fingerprint density at radius 1 is 1.09 bits per heavy atom. The zero-order chi connectivity index (χ0) is 29.8. The van der Waals surface area contributed by atoms with Crippen molar-refractivity contribution in [1.29, 1.82) is 0 Å². The van der Waals surface area contributed by atoms with Gasteiger partial charge >= 0.3 is 16.3 Å². The molecule has 0 saturated heterocycles. The van der Waals surface area contributed by atoms with Crippen LogP contribution >= 0.6 is 12.2 Å². The van der Waals surface area contributed by atoms with Gasteiger partial charge in [0.2, 0.25) is 0 Å². The molecular weight excluding hydrogens is 580 g/mol. The van der Waals surface area contributed by atoms with Gasteiger partial charge < -0.3 is 19.6 Å². The maximum atomic E-state index is 13.4. The van der Waals surface area contributed by atoms with Crippen molar-refractivity contribution in [1.82, 2.24) is 39.9 Å². The van der Waals surface area contributed by atoms with E-state index in [1.54, 1.807) is 31.3 Å². The molecule has 0 bridgehead atoms. The highest BCUT2D eigenvalue weighted by atomic mass is 32.1. The first-order chi connectivity index (χ1) is 20.7. The summed E-state index contributed by atoms with van der Waals surface area (Å²) in [4.78, 5) is 56.5. The van der Waals surface area contributed by atoms with Crippen molar-refractivity contribution in [3.63, 3.8) is 0 Å². The zero-order valence-corrected chi connectivity index (χ0v) is 23.1. The molecule has 0 radical (unpaired) electrons. The summed E-state index contributed by atoms with van der Waals surface area (Å²) in [5.41, 5.74) is 4.29. The summed E-state index contributed by atoms with van der Waals surface area (Å²) in [6, 6.07) is 11.7. The number of aromatic amines is 1. The van der Waals surface area contributed by atoms with E-state index in [9.17, 15) is 19.2 Å². The molecule has 1 aliphatic rings. The fraction of sp³-hybridized carbons (Fsp3) is 0.185. The van der Waals surface area contributed by atoms with Crippen molar-refractivity contribution >= 4 is 40.9 Å². The van der Waals surface area contributed by atoms with Gasteiger partial charge in [0, 0.05) is 19.2 Å². The fourth-order valence-electron chi connectivity index (χ4n) is 5.19. The maximum Gasteiger partial charge on any atom is 0.439 e. The van der Waals surface area contributed by atoms with Crippen LogP contribution in [0.15, 0.2) is 65.5 Å². The van der Waals surface area contributed by atoms with Crippen molar-refractivity contribution < 1.29 is 23.1 Å². The van der Waals surface area contributed by atoms with E-state index in [-0.39, 0.29) is 34.6 Å². The number of oxazole rings is 1. The number of nitrogens with zero attached hydrogens (tertiary/aromatic N) is 5. The standard InChI is InChI=1S/C27H20N8O7S/c1-34-18-8-12(2-7-20(18)40-26(34)39)11-28-23(37)19-10-17(30-24-33-42-27(43)35(19)24)22(36)29-16-6-4-13-9-14(3-5-15(13)16)21-31-25(38)41-32-21/h2-3,5,7-10,16H,4,6,11H2,1H3,(H,28,37)(H,29,36)(H,31,32,38)/t16-/m0/s1. The van der Waals surface area contributed by atoms with Crippen LogP contribution in [-0.4, -0.2) is 41.1 Å². The summed E-state index contributed by atoms with van der Waals surface area (Å²) in [6.07, 6.45) is 1.32. The van der Waals surface area contributed by atoms with E-state index in [1.165, 1.54) is 15.0 Å². The molecule has 0 saturated carbocycles. The number of aromatic nitrogens is 6. The molecule has 7 rings (SSSR count). The van der Waals surface area contributed by atoms with E-state index < -0.39 is 23.3 Å². The van der Waals surface area contributed by atoms with E-state index in [2.05, 4.69) is 35.4 Å². The summed E-state index contributed by atoms with van der Waals surface area (Å²) in [7, 11) is 1.59. The van der Waals surface area contributed by atoms with Crippen LogP contribution in [0.2, 0.25) is 0 Å². The highest BCUT2D eigenvalue weighted by Gasteiger charge is 2.27. The Hall–Kier alpha value is -5.64. The highest BCUT2D eigenvalue weighted by molar-refractivity contribution is 7.71. The van der Waals surface area contributed by atoms with Gasteiger partial charge in [-0.1, -0.05) is 23.4 Å². The highest BCUT2D eigenvalue weighted by Crippen LogP contribution is 2.33. The molecule has 0 aliphatic heterocycles. The molecule has 43 heavy (non-hydrogen) atoms. The van der Waals surface area contributed by atoms with Crippen LogP contribution in [-0.2, 0) is 20.0 Å². The zero-order valence-electron chi connectivity index (χ0n) is 22.2. The number of nitrogens with one attached hydrogen (secondary N) is 3. The predicted molar refractivity (Wildman–Crippen MR) is 150 cm³/mol. The van der Waals surface area contributed by atoms with Crippen molar-refractivity contribution in [2.75, 3.05) is 0 Å². The third kappa shape index (κ3) is 4.62. The lowest BCUT2D eigenvalue weighted by molar-refractivity contribution is 0.0931. The Balaban J connectivity index is 1.12. The molecule has 2 amide bonds. The average Bonchev–Trinajstić information content (AvgIpc) is 3.78. The molecule has 16 heteroatoms. The number of fused-ring (bicyclic) bond motifs is 3. The second-order valence-electron chi connectivity index (χ2n) is 9.94. The molecule has 6 aromatic rings. The lowest BCUT2D eigenvalue weighted by atomic mass is 10.0. The number of benzene rings is 2. The quantitative estimate of drug-likeness (QED) is 0.237. The SMILES string of the molecule is Cn1c(=O)oc2ccc(CNC(=O)c3cc(C(=O)N[C@H]4CCc5cc(-c6noc(=O)[nH]6)ccc54)nc4noc(=S)n34)cc21. The molecule has 2 aromatic carbocycles. The summed E-state index contributed by atoms with van der Waals surface area (Å²) in [5, 5.41) is 13.3. The third-order valence-corrected chi connectivity index (χ3v) is 7.59. The Morgan fingerprint density at radius 3 is 2.77 bits per heavy atom. The Bertz CT molecular complexity index is 2270. The predicted octanol–water partition coefficient (Wildman–Crippen LogP) is 2.19. The Labute approximate surface area is 244 Å². The van der Waals surface area contributed by atoms with Gasteiger partial charge in [0.1, 0.15) is 11.4 Å². The van der Waals surface area contributed by atoms with Crippen LogP contribution < -0.4 is 22.1 Å². The van der Waals surface area contributed by atoms with E-state index in [0.29, 0.717) is 40.9 Å². The van der Waals surface area contributed by atoms with Gasteiger partial charge in [-0.15, -0.1) is 0 Å². The van der Waals surface area contributed by atoms with Crippen LogP contribution in [0, 0.1) is 4.84 Å². The minimum atomic E-state index is -0.643. The van der Waals surface area contributed by atoms with Crippen molar-refractivity contribution in [3.8, 4) is 11.4 Å². The number of rotatable bonds is 6. The largest absolute Gasteiger partial charge is 0.439 e. The molecule has 0 unspecified atom stereocenters. The first kappa shape index (κ1) is 26.3. The maximum absolute atomic E-state index is 13.4. The molecule has 15 nitrogen and oxygen atoms in total. The van der Waals surface area contributed by atoms with Crippen LogP contribution in [0.1, 0.15) is 50.1 Å². The molecule has 4 heterocycles. The van der Waals surface area contributed by atoms with Gasteiger partial charge in [0.25, 0.3) is 17.6 Å². The number of carbonyl (C=O) groups excluding carboxylic acids is 2. The van der Waals surface area contributed by atoms with Crippen LogP contribution in [0.3, 0.4) is 0 Å². The van der Waals surface area contributed by atoms with Crippen LogP contribution in [0.5, 0.6) is 0 Å². The normalized spacial score (nSPS) is 14.3. The number of H-pyrrole nitrogens is 1. The summed E-state index contributed by atoms with van der Waals surface area (Å²) < 4.78 is 17.4. The summed E-state index contributed by atoms with van der Waals surface area (Å²) >= 11 is 5.20. The number of hydrogen-bond donors (Lipinski definition) is 3. The molecule has 4 aromatic heterocycles. The topological polar surface area (TPSA) is 196 Å². The molecule has 0 spiro atoms. The first-order valence-corrected chi connectivity index (χ1v) is 13.4. The lowest BCUT2D eigenvalue weighted by Gasteiger charge is -2.15. The van der Waals surface area contributed by atoms with E-state index in [0.717, 1.165) is 11.1 Å². The molecule has 1 atom stereocenters. The minimum absolute atomic E-state index is 0.0104. The second-order valence-corrected chi connectivity index (χ2v) is 10.3. The van der Waals surface area contributed by atoms with Gasteiger partial charge in [0.05, 0.1) is 11.6 Å². The summed E-state index contributed by atoms with van der Waals surface area (Å²) in [6.45, 7) is 0.112. The van der Waals surface area contributed by atoms with Gasteiger partial charge in [0.15, 0.2) is 11.4 Å². The van der Waals surface area contributed by atoms with Crippen molar-refractivity contribution in [2.24, 2.45) is 7.05 Å². The van der Waals surface area contributed by atoms with E-state index in [1.807, 2.05) is 12.1 Å². The smallest absolute Gasteiger partial charge is 0.408 e. The fourth-order valence-corrected chi connectivity index (χ4v) is 5.41. The number of amides is 2. The molecule has 0 fully saturated rings. The van der Waals surface area contributed by atoms with E-state index in [4.69, 9.17) is 21.2 Å². The van der Waals surface area contributed by atoms with Gasteiger partial charge in [-0.05, 0) is 71.2 Å².